The molecule has 0 saturated carbocycles. The van der Waals surface area contributed by atoms with Gasteiger partial charge in [-0.3, -0.25) is 15.0 Å². The number of aliphatic imine (C=N–C) groups is 1. The summed E-state index contributed by atoms with van der Waals surface area (Å²) in [6.07, 6.45) is 12.3. The van der Waals surface area contributed by atoms with Crippen LogP contribution in [0.3, 0.4) is 0 Å². The summed E-state index contributed by atoms with van der Waals surface area (Å²) in [7, 11) is 5.74. The Bertz CT molecular complexity index is 4840. The summed E-state index contributed by atoms with van der Waals surface area (Å²) in [5, 5.41) is 18.7. The Morgan fingerprint density at radius 1 is 0.424 bits per heavy atom. The molecule has 0 unspecified atom stereocenters. The molecule has 8 heterocycles. The monoisotopic (exact) mass is 1800 g/mol. The van der Waals surface area contributed by atoms with E-state index in [1.165, 1.54) is 89.8 Å². The van der Waals surface area contributed by atoms with Gasteiger partial charge >= 0.3 is 29.8 Å². The largest absolute Gasteiger partial charge is 0.492 e. The third kappa shape index (κ3) is 38.5. The van der Waals surface area contributed by atoms with Crippen LogP contribution in [0.2, 0.25) is 15.1 Å². The topological polar surface area (TPSA) is 461 Å². The molecule has 10 N–H and O–H groups in total. The molecular formula is C81H85Br2Cl3N14O18. The van der Waals surface area contributed by atoms with Crippen LogP contribution in [0.5, 0.6) is 34.9 Å². The summed E-state index contributed by atoms with van der Waals surface area (Å²) < 4.78 is 45.9. The number of para-hydroxylation sites is 2. The molecular weight excluding hydrogens is 1720 g/mol. The number of methoxy groups -OCH3 is 4. The Labute approximate surface area is 712 Å². The fourth-order valence-electron chi connectivity index (χ4n) is 8.10. The predicted molar refractivity (Wildman–Crippen MR) is 452 cm³/mol. The zero-order valence-electron chi connectivity index (χ0n) is 65.1. The number of ketones is 1. The lowest BCUT2D eigenvalue weighted by molar-refractivity contribution is 0.0510. The van der Waals surface area contributed by atoms with Gasteiger partial charge in [-0.2, -0.15) is 0 Å². The second kappa shape index (κ2) is 57.2. The van der Waals surface area contributed by atoms with Crippen molar-refractivity contribution in [2.75, 3.05) is 67.2 Å². The van der Waals surface area contributed by atoms with Gasteiger partial charge in [-0.1, -0.05) is 77.3 Å². The Kier molecular flexibility index (Phi) is 48.2. The number of amidine groups is 1. The lowest BCUT2D eigenvalue weighted by atomic mass is 10.1. The van der Waals surface area contributed by atoms with Crippen LogP contribution in [0, 0.1) is 0 Å². The number of aromatic carboxylic acids is 2. The van der Waals surface area contributed by atoms with Crippen molar-refractivity contribution in [3.63, 3.8) is 0 Å². The quantitative estimate of drug-likeness (QED) is 0.00381. The zero-order valence-corrected chi connectivity index (χ0v) is 70.5. The maximum atomic E-state index is 12.1. The van der Waals surface area contributed by atoms with E-state index >= 15 is 0 Å². The molecule has 8 aromatic heterocycles. The third-order valence-corrected chi connectivity index (χ3v) is 15.6. The first-order chi connectivity index (χ1) is 56.7. The number of nitrogens with one attached hydrogen (secondary N) is 2. The number of carboxylic acids is 2. The Morgan fingerprint density at radius 2 is 0.831 bits per heavy atom. The van der Waals surface area contributed by atoms with Crippen LogP contribution >= 0.6 is 66.7 Å². The van der Waals surface area contributed by atoms with Crippen LogP contribution in [0.4, 0.5) is 11.4 Å². The van der Waals surface area contributed by atoms with Gasteiger partial charge in [-0.15, -0.1) is 0 Å². The summed E-state index contributed by atoms with van der Waals surface area (Å²) >= 11 is 24.0. The van der Waals surface area contributed by atoms with Crippen LogP contribution < -0.4 is 56.7 Å². The Morgan fingerprint density at radius 3 is 1.21 bits per heavy atom. The molecule has 118 heavy (non-hydrogen) atoms. The highest BCUT2D eigenvalue weighted by molar-refractivity contribution is 9.10. The molecule has 0 fully saturated rings. The Hall–Kier alpha value is -12.8. The number of hydrazine groups is 2. The van der Waals surface area contributed by atoms with Gasteiger partial charge in [0.05, 0.1) is 113 Å². The van der Waals surface area contributed by atoms with E-state index in [2.05, 4.69) is 86.9 Å². The van der Waals surface area contributed by atoms with Crippen molar-refractivity contribution in [2.45, 2.75) is 41.0 Å². The number of amides is 1. The van der Waals surface area contributed by atoms with Crippen LogP contribution in [-0.4, -0.2) is 159 Å². The molecule has 622 valence electrons. The van der Waals surface area contributed by atoms with Crippen LogP contribution in [-0.2, 0) is 20.6 Å². The molecule has 11 aromatic rings. The number of Topliss-reactive ketones (excluding diaryl/α,β-unsaturated/α-hetero) is 1. The molecule has 0 aliphatic heterocycles. The molecule has 0 saturated heterocycles. The van der Waals surface area contributed by atoms with Crippen molar-refractivity contribution in [2.24, 2.45) is 16.7 Å². The molecule has 0 atom stereocenters. The highest BCUT2D eigenvalue weighted by atomic mass is 79.9. The summed E-state index contributed by atoms with van der Waals surface area (Å²) in [6.45, 7) is 11.7. The summed E-state index contributed by atoms with van der Waals surface area (Å²) in [4.78, 5) is 112. The average Bonchev–Trinajstić information content (AvgIpc) is 0.853. The van der Waals surface area contributed by atoms with Crippen molar-refractivity contribution < 1.29 is 86.4 Å². The standard InChI is InChI=1S/C15H14ClNO2.C14H15ClN4O.C10H13NO3.C8H8BrNO2.C8H9NO3.C7H9N3O2.C7H7NO3.C6H4BrNO2.C6H6ClN/c1-2-19-12-7-8-14(17-10-12)15(18)9-11-5-3-4-6-13(11)16;1-2-20-10-7-8-13(17-9-10)14(19-16)18-12-6-4-3-5-11(12)15;1-3-13-8-5-6-9(11-7-8)10(12)14-4-2;1-2-12-8(11)7-4-3-6(9)5-10-7;1-11-7-5-6(3-4-9-7)8(10)12-2;1-12-6-4-5(2-3-9-6)7(11)10-8;1-11-6-4-5(7(9)10)2-3-8-6;7-4-1-2-5(6(9)10)8-3-4;7-5-3-1-2-4-6(5)8/h3-8,10H,2,9H2,1H3;3-9H,2,16H2,1H3,(H,18,19);5-7H,3-4H2,1-2H3;3-5H,2H2,1H3;3-5H,1-2H3;2-4H,8H2,1H3,(H,10,11);2-4H,1H3,(H,9,10);1-3H,(H,9,10);1-4H,8H2. The van der Waals surface area contributed by atoms with E-state index in [0.717, 1.165) is 14.5 Å². The number of rotatable bonds is 22. The number of nitrogen functional groups attached to an aromatic ring is 2. The molecule has 0 radical (unpaired) electrons. The SMILES string of the molecule is CCOC(=O)c1ccc(Br)cn1.CCOC(=O)c1ccc(OCC)cn1.CCOc1ccc(C(=Nc2ccccc2Cl)NN)nc1.CCOc1ccc(C(=O)Cc2ccccc2Cl)nc1.COC(=O)c1ccnc(OC)c1.COc1cc(C(=O)NN)ccn1.COc1cc(C(=O)O)ccn1.Nc1ccccc1Cl.O=C(O)c1ccc(Br)cn1. The molecule has 0 spiro atoms. The molecule has 11 rings (SSSR count). The first kappa shape index (κ1) is 99.4. The molecule has 0 aliphatic rings. The van der Waals surface area contributed by atoms with Crippen LogP contribution in [0.15, 0.2) is 233 Å². The van der Waals surface area contributed by atoms with Gasteiger partial charge < -0.3 is 64.0 Å². The number of nitrogens with two attached hydrogens (primary N) is 3. The maximum absolute atomic E-state index is 12.1. The number of halogens is 5. The summed E-state index contributed by atoms with van der Waals surface area (Å²) in [6, 6.07) is 47.4. The molecule has 1 amide bonds. The van der Waals surface area contributed by atoms with E-state index in [-0.39, 0.29) is 35.3 Å². The number of anilines is 1. The number of carbonyl (C=O) groups is 7. The van der Waals surface area contributed by atoms with E-state index in [0.29, 0.717) is 134 Å². The van der Waals surface area contributed by atoms with Crippen LogP contribution in [0.1, 0.15) is 119 Å². The van der Waals surface area contributed by atoms with Gasteiger partial charge in [0.2, 0.25) is 17.6 Å². The van der Waals surface area contributed by atoms with Crippen molar-refractivity contribution in [1.29, 1.82) is 0 Å². The van der Waals surface area contributed by atoms with Gasteiger partial charge in [-0.25, -0.2) is 80.5 Å². The number of benzene rings is 3. The fourth-order valence-corrected chi connectivity index (χ4v) is 9.09. The van der Waals surface area contributed by atoms with Crippen molar-refractivity contribution in [3.8, 4) is 34.9 Å². The number of pyridine rings is 8. The number of carbonyl (C=O) groups excluding carboxylic acids is 5. The minimum Gasteiger partial charge on any atom is -0.492 e. The number of aromatic nitrogens is 8. The van der Waals surface area contributed by atoms with Crippen molar-refractivity contribution in [1.82, 2.24) is 50.7 Å². The minimum atomic E-state index is -1.01. The van der Waals surface area contributed by atoms with E-state index in [1.807, 2.05) is 74.7 Å². The van der Waals surface area contributed by atoms with Crippen molar-refractivity contribution in [3.05, 3.63) is 294 Å². The molecule has 0 aliphatic carbocycles. The van der Waals surface area contributed by atoms with Gasteiger partial charge in [0.25, 0.3) is 5.91 Å². The minimum absolute atomic E-state index is 0.0585. The van der Waals surface area contributed by atoms with E-state index in [9.17, 15) is 33.6 Å². The lowest BCUT2D eigenvalue weighted by Gasteiger charge is -2.07. The third-order valence-electron chi connectivity index (χ3n) is 13.6. The number of hydrogen-bond donors (Lipinski definition) is 7. The normalized spacial score (nSPS) is 9.78. The van der Waals surface area contributed by atoms with Gasteiger partial charge in [0.1, 0.15) is 45.7 Å². The first-order valence-corrected chi connectivity index (χ1v) is 37.4. The highest BCUT2D eigenvalue weighted by Gasteiger charge is 2.14. The first-order valence-electron chi connectivity index (χ1n) is 34.7. The number of esters is 3. The van der Waals surface area contributed by atoms with Gasteiger partial charge in [0.15, 0.2) is 11.6 Å². The lowest BCUT2D eigenvalue weighted by Crippen LogP contribution is -2.31. The van der Waals surface area contributed by atoms with E-state index in [4.69, 9.17) is 100 Å². The fraction of sp³-hybridized carbons (Fsp3) is 0.185. The van der Waals surface area contributed by atoms with Crippen molar-refractivity contribution >= 4 is 125 Å². The van der Waals surface area contributed by atoms with E-state index in [1.54, 1.807) is 123 Å². The number of carboxylic acid groups (broad SMARTS) is 2. The predicted octanol–water partition coefficient (Wildman–Crippen LogP) is 14.7. The summed E-state index contributed by atoms with van der Waals surface area (Å²) in [5.41, 5.74) is 14.8. The van der Waals surface area contributed by atoms with Crippen LogP contribution in [0.25, 0.3) is 0 Å². The second-order valence-corrected chi connectivity index (χ2v) is 24.8. The smallest absolute Gasteiger partial charge is 0.356 e. The number of nitrogens with zero attached hydrogens (tertiary/aromatic N) is 9. The maximum Gasteiger partial charge on any atom is 0.356 e. The second-order valence-electron chi connectivity index (χ2n) is 21.7. The molecule has 32 nitrogen and oxygen atoms in total. The Balaban J connectivity index is 0.000000348. The number of hydrogen-bond acceptors (Lipinski definition) is 28. The molecule has 3 aromatic carbocycles. The van der Waals surface area contributed by atoms with Gasteiger partial charge in [0, 0.05) is 75.1 Å². The highest BCUT2D eigenvalue weighted by Crippen LogP contribution is 2.25. The molecule has 37 heteroatoms. The van der Waals surface area contributed by atoms with E-state index < -0.39 is 23.9 Å². The molecule has 0 bridgehead atoms. The zero-order chi connectivity index (χ0) is 87.2. The summed E-state index contributed by atoms with van der Waals surface area (Å²) in [5.74, 6) is 10.4. The van der Waals surface area contributed by atoms with Gasteiger partial charge in [-0.05, 0) is 181 Å². The number of ether oxygens (including phenoxy) is 9. The average molecular weight is 1810 g/mol.